The van der Waals surface area contributed by atoms with Crippen molar-refractivity contribution in [2.45, 2.75) is 45.7 Å². The van der Waals surface area contributed by atoms with Gasteiger partial charge in [0.2, 0.25) is 0 Å². The van der Waals surface area contributed by atoms with Crippen molar-refractivity contribution in [3.63, 3.8) is 0 Å². The molecule has 0 atom stereocenters. The lowest BCUT2D eigenvalue weighted by Crippen LogP contribution is -2.39. The van der Waals surface area contributed by atoms with Crippen molar-refractivity contribution in [3.8, 4) is 0 Å². The Morgan fingerprint density at radius 1 is 1.23 bits per heavy atom. The number of imidazole rings is 1. The Bertz CT molecular complexity index is 1080. The van der Waals surface area contributed by atoms with E-state index in [0.29, 0.717) is 54.7 Å². The summed E-state index contributed by atoms with van der Waals surface area (Å²) in [4.78, 5) is 29.7. The molecular weight excluding hydrogens is 383 g/mol. The van der Waals surface area contributed by atoms with Gasteiger partial charge < -0.3 is 24.7 Å². The lowest BCUT2D eigenvalue weighted by molar-refractivity contribution is -0.134. The number of nitrogens with zero attached hydrogens (tertiary/aromatic N) is 2. The molecule has 0 spiro atoms. The highest BCUT2D eigenvalue weighted by Crippen LogP contribution is 2.40. The Labute approximate surface area is 174 Å². The van der Waals surface area contributed by atoms with Crippen molar-refractivity contribution in [1.29, 1.82) is 0 Å². The number of fused-ring (bicyclic) bond motifs is 2. The first-order valence-corrected chi connectivity index (χ1v) is 10.1. The molecule has 2 heterocycles. The first kappa shape index (κ1) is 20.2. The molecule has 8 heteroatoms. The molecule has 0 radical (unpaired) electrons. The van der Waals surface area contributed by atoms with Gasteiger partial charge in [-0.2, -0.15) is 0 Å². The molecule has 0 fully saturated rings. The highest BCUT2D eigenvalue weighted by molar-refractivity contribution is 7.06. The second-order valence-corrected chi connectivity index (χ2v) is 7.61. The number of carboxylic acid groups (broad SMARTS) is 1. The molecule has 30 heavy (non-hydrogen) atoms. The van der Waals surface area contributed by atoms with Crippen molar-refractivity contribution in [2.75, 3.05) is 0 Å². The number of aromatic nitrogens is 2. The van der Waals surface area contributed by atoms with Crippen LogP contribution in [0.15, 0.2) is 47.2 Å². The molecule has 4 rings (SSSR count). The first-order valence-electron chi connectivity index (χ1n) is 10.1. The van der Waals surface area contributed by atoms with Crippen LogP contribution in [0.3, 0.4) is 0 Å². The number of benzene rings is 1. The molecule has 1 aliphatic carbocycles. The largest absolute Gasteiger partial charge is 0.507 e. The summed E-state index contributed by atoms with van der Waals surface area (Å²) in [5.74, 6) is -1.35. The van der Waals surface area contributed by atoms with E-state index in [1.54, 1.807) is 0 Å². The highest BCUT2D eigenvalue weighted by atomic mass is 16.4. The van der Waals surface area contributed by atoms with E-state index in [9.17, 15) is 24.9 Å². The van der Waals surface area contributed by atoms with Crippen molar-refractivity contribution in [1.82, 2.24) is 9.55 Å². The van der Waals surface area contributed by atoms with Crippen LogP contribution in [0, 0.1) is 0 Å². The number of aliphatic hydroxyl groups excluding tert-OH is 2. The molecule has 0 saturated heterocycles. The number of aliphatic hydroxyl groups is 2. The molecule has 3 N–H and O–H groups in total. The summed E-state index contributed by atoms with van der Waals surface area (Å²) in [5, 5.41) is 30.2. The van der Waals surface area contributed by atoms with Crippen molar-refractivity contribution >= 4 is 23.8 Å². The normalized spacial score (nSPS) is 16.5. The molecule has 2 aromatic rings. The SMILES string of the molecule is CCn1c(CO)nc2c1CCCC1=C2B(Cc2ccccc2)C(=O)C(C(=O)O)=C1O. The molecular formula is C22H23BN2O5. The van der Waals surface area contributed by atoms with Crippen LogP contribution in [-0.4, -0.2) is 43.2 Å². The highest BCUT2D eigenvalue weighted by Gasteiger charge is 2.44. The van der Waals surface area contributed by atoms with E-state index in [-0.39, 0.29) is 6.61 Å². The van der Waals surface area contributed by atoms with Gasteiger partial charge in [0.05, 0.1) is 5.69 Å². The zero-order valence-electron chi connectivity index (χ0n) is 16.8. The molecule has 1 aliphatic heterocycles. The summed E-state index contributed by atoms with van der Waals surface area (Å²) in [6.07, 6.45) is 2.14. The fourth-order valence-corrected chi connectivity index (χ4v) is 4.66. The summed E-state index contributed by atoms with van der Waals surface area (Å²) in [5.41, 5.74) is 2.35. The van der Waals surface area contributed by atoms with E-state index in [2.05, 4.69) is 4.98 Å². The maximum atomic E-state index is 13.3. The van der Waals surface area contributed by atoms with Crippen LogP contribution in [0.1, 0.15) is 42.5 Å². The van der Waals surface area contributed by atoms with Gasteiger partial charge in [0.15, 0.2) is 0 Å². The second-order valence-electron chi connectivity index (χ2n) is 7.61. The summed E-state index contributed by atoms with van der Waals surface area (Å²) in [6, 6.07) is 9.42. The minimum atomic E-state index is -1.42. The molecule has 1 aromatic carbocycles. The number of hydrogen-bond donors (Lipinski definition) is 3. The topological polar surface area (TPSA) is 113 Å². The van der Waals surface area contributed by atoms with Crippen LogP contribution in [0.2, 0.25) is 0 Å². The van der Waals surface area contributed by atoms with Crippen LogP contribution in [-0.2, 0) is 35.5 Å². The Morgan fingerprint density at radius 2 is 1.97 bits per heavy atom. The minimum Gasteiger partial charge on any atom is -0.507 e. The number of carbonyl (C=O) groups excluding carboxylic acids is 1. The molecule has 1 aromatic heterocycles. The van der Waals surface area contributed by atoms with E-state index in [1.807, 2.05) is 41.8 Å². The molecule has 0 unspecified atom stereocenters. The van der Waals surface area contributed by atoms with E-state index >= 15 is 0 Å². The fraction of sp³-hybridized carbons (Fsp3) is 0.318. The minimum absolute atomic E-state index is 0.233. The summed E-state index contributed by atoms with van der Waals surface area (Å²) in [6.45, 7) is 1.60. The summed E-state index contributed by atoms with van der Waals surface area (Å²) < 4.78 is 1.95. The molecule has 0 saturated carbocycles. The van der Waals surface area contributed by atoms with Crippen molar-refractivity contribution in [3.05, 3.63) is 70.0 Å². The molecule has 154 valence electrons. The summed E-state index contributed by atoms with van der Waals surface area (Å²) in [7, 11) is 0. The number of rotatable bonds is 5. The van der Waals surface area contributed by atoms with Gasteiger partial charge >= 0.3 is 5.97 Å². The third-order valence-corrected chi connectivity index (χ3v) is 5.96. The quantitative estimate of drug-likeness (QED) is 0.519. The third kappa shape index (κ3) is 3.17. The van der Waals surface area contributed by atoms with Crippen LogP contribution in [0.4, 0.5) is 0 Å². The van der Waals surface area contributed by atoms with Crippen LogP contribution >= 0.6 is 0 Å². The monoisotopic (exact) mass is 406 g/mol. The molecule has 7 nitrogen and oxygen atoms in total. The van der Waals surface area contributed by atoms with Gasteiger partial charge in [-0.15, -0.1) is 0 Å². The van der Waals surface area contributed by atoms with Gasteiger partial charge in [0.25, 0.3) is 6.71 Å². The van der Waals surface area contributed by atoms with Gasteiger partial charge in [0.1, 0.15) is 29.4 Å². The van der Waals surface area contributed by atoms with E-state index in [4.69, 9.17) is 0 Å². The smallest absolute Gasteiger partial charge is 0.342 e. The van der Waals surface area contributed by atoms with Crippen molar-refractivity contribution in [2.24, 2.45) is 0 Å². The lowest BCUT2D eigenvalue weighted by Gasteiger charge is -2.25. The van der Waals surface area contributed by atoms with Crippen LogP contribution < -0.4 is 0 Å². The van der Waals surface area contributed by atoms with Gasteiger partial charge in [-0.25, -0.2) is 9.78 Å². The average Bonchev–Trinajstić information content (AvgIpc) is 2.98. The maximum Gasteiger partial charge on any atom is 0.342 e. The maximum absolute atomic E-state index is 13.3. The number of hydrogen-bond acceptors (Lipinski definition) is 5. The van der Waals surface area contributed by atoms with E-state index in [0.717, 1.165) is 11.3 Å². The first-order chi connectivity index (χ1) is 14.5. The molecule has 0 amide bonds. The third-order valence-electron chi connectivity index (χ3n) is 5.96. The molecule has 2 aliphatic rings. The van der Waals surface area contributed by atoms with Gasteiger partial charge in [-0.3, -0.25) is 0 Å². The number of allylic oxidation sites excluding steroid dienone is 1. The number of carboxylic acids is 1. The fourth-order valence-electron chi connectivity index (χ4n) is 4.66. The lowest BCUT2D eigenvalue weighted by atomic mass is 9.34. The van der Waals surface area contributed by atoms with Crippen molar-refractivity contribution < 1.29 is 24.9 Å². The predicted molar refractivity (Wildman–Crippen MR) is 112 cm³/mol. The van der Waals surface area contributed by atoms with Crippen LogP contribution in [0.5, 0.6) is 0 Å². The number of aliphatic carboxylic acids is 1. The standard InChI is InChI=1S/C22H23BN2O5/c1-2-25-15-10-6-9-14-18(19(15)24-16(25)12-26)23(11-13-7-4-3-5-8-13)21(28)17(20(14)27)22(29)30/h3-5,7-8,26-27H,2,6,9-12H2,1H3,(H,29,30). The Balaban J connectivity index is 1.96. The molecule has 0 bridgehead atoms. The average molecular weight is 406 g/mol. The second kappa shape index (κ2) is 7.95. The van der Waals surface area contributed by atoms with Gasteiger partial charge in [0, 0.05) is 12.2 Å². The van der Waals surface area contributed by atoms with Gasteiger partial charge in [-0.1, -0.05) is 35.9 Å². The Morgan fingerprint density at radius 3 is 2.60 bits per heavy atom. The van der Waals surface area contributed by atoms with E-state index < -0.39 is 29.7 Å². The van der Waals surface area contributed by atoms with Crippen LogP contribution in [0.25, 0.3) is 5.47 Å². The Hall–Kier alpha value is -3.13. The van der Waals surface area contributed by atoms with E-state index in [1.165, 1.54) is 0 Å². The zero-order chi connectivity index (χ0) is 21.4. The summed E-state index contributed by atoms with van der Waals surface area (Å²) >= 11 is 0. The Kier molecular flexibility index (Phi) is 5.34. The predicted octanol–water partition coefficient (Wildman–Crippen LogP) is 2.32. The zero-order valence-corrected chi connectivity index (χ0v) is 16.8. The van der Waals surface area contributed by atoms with Gasteiger partial charge in [-0.05, 0) is 43.6 Å². The number of carbonyl (C=O) groups is 2.